The van der Waals surface area contributed by atoms with Crippen LogP contribution in [0.15, 0.2) is 79.1 Å². The fraction of sp³-hybridized carbons (Fsp3) is 0.182. The number of ether oxygens (including phenoxy) is 1. The number of hydrogen-bond donors (Lipinski definition) is 0. The van der Waals surface area contributed by atoms with Crippen LogP contribution in [0.4, 0.5) is 0 Å². The Morgan fingerprint density at radius 3 is 2.32 bits per heavy atom. The lowest BCUT2D eigenvalue weighted by molar-refractivity contribution is -0.693. The van der Waals surface area contributed by atoms with E-state index in [-0.39, 0.29) is 5.97 Å². The maximum Gasteiger partial charge on any atom is 0.344 e. The van der Waals surface area contributed by atoms with Gasteiger partial charge in [-0.25, -0.2) is 9.36 Å². The summed E-state index contributed by atoms with van der Waals surface area (Å²) in [5.74, 6) is -0.280. The first kappa shape index (κ1) is 16.9. The number of aromatic nitrogens is 1. The first-order valence-corrected chi connectivity index (χ1v) is 8.57. The van der Waals surface area contributed by atoms with Gasteiger partial charge in [0.1, 0.15) is 12.1 Å². The smallest absolute Gasteiger partial charge is 0.344 e. The Labute approximate surface area is 148 Å². The molecule has 3 heteroatoms. The van der Waals surface area contributed by atoms with Gasteiger partial charge in [0, 0.05) is 18.1 Å². The van der Waals surface area contributed by atoms with E-state index in [0.29, 0.717) is 18.6 Å². The molecule has 0 aliphatic rings. The molecule has 0 fully saturated rings. The minimum atomic E-state index is -0.280. The molecule has 0 N–H and O–H groups in total. The minimum Gasteiger partial charge on any atom is -0.462 e. The maximum absolute atomic E-state index is 12.7. The van der Waals surface area contributed by atoms with Crippen LogP contribution in [0, 0.1) is 0 Å². The lowest BCUT2D eigenvalue weighted by Gasteiger charge is -2.09. The van der Waals surface area contributed by atoms with Gasteiger partial charge in [-0.3, -0.25) is 0 Å². The normalized spacial score (nSPS) is 10.4. The standard InChI is InChI=1S/C22H22NO2/c1-2-23-15-13-20(19-11-7-4-8-12-19)21(17-23)22(24)25-16-14-18-9-5-3-6-10-18/h3-13,15,17H,2,14,16H2,1H3/q+1. The molecular weight excluding hydrogens is 310 g/mol. The molecule has 0 bridgehead atoms. The largest absolute Gasteiger partial charge is 0.462 e. The van der Waals surface area contributed by atoms with E-state index in [1.807, 2.05) is 90.6 Å². The zero-order valence-corrected chi connectivity index (χ0v) is 14.4. The van der Waals surface area contributed by atoms with Crippen molar-refractivity contribution in [2.45, 2.75) is 19.9 Å². The molecule has 0 amide bonds. The Bertz CT molecular complexity index is 829. The molecule has 0 radical (unpaired) electrons. The second-order valence-electron chi connectivity index (χ2n) is 5.84. The third kappa shape index (κ3) is 4.32. The molecule has 3 rings (SSSR count). The Kier molecular flexibility index (Phi) is 5.57. The first-order valence-electron chi connectivity index (χ1n) is 8.57. The van der Waals surface area contributed by atoms with Crippen LogP contribution < -0.4 is 4.57 Å². The maximum atomic E-state index is 12.7. The monoisotopic (exact) mass is 332 g/mol. The van der Waals surface area contributed by atoms with Crippen LogP contribution in [-0.2, 0) is 17.7 Å². The second kappa shape index (κ2) is 8.25. The molecule has 0 atom stereocenters. The van der Waals surface area contributed by atoms with E-state index in [1.165, 1.54) is 0 Å². The highest BCUT2D eigenvalue weighted by atomic mass is 16.5. The van der Waals surface area contributed by atoms with Gasteiger partial charge in [0.05, 0.1) is 6.61 Å². The van der Waals surface area contributed by atoms with E-state index in [0.717, 1.165) is 23.2 Å². The number of carbonyl (C=O) groups excluding carboxylic acids is 1. The van der Waals surface area contributed by atoms with Crippen LogP contribution >= 0.6 is 0 Å². The van der Waals surface area contributed by atoms with Crippen LogP contribution in [0.2, 0.25) is 0 Å². The lowest BCUT2D eigenvalue weighted by atomic mass is 10.0. The molecule has 2 aromatic carbocycles. The molecule has 0 saturated carbocycles. The third-order valence-electron chi connectivity index (χ3n) is 4.15. The molecule has 3 aromatic rings. The van der Waals surface area contributed by atoms with Crippen LogP contribution in [0.3, 0.4) is 0 Å². The minimum absolute atomic E-state index is 0.280. The van der Waals surface area contributed by atoms with E-state index in [2.05, 4.69) is 0 Å². The van der Waals surface area contributed by atoms with Gasteiger partial charge in [0.2, 0.25) is 0 Å². The van der Waals surface area contributed by atoms with Crippen molar-refractivity contribution in [3.8, 4) is 11.1 Å². The van der Waals surface area contributed by atoms with Crippen molar-refractivity contribution >= 4 is 5.97 Å². The van der Waals surface area contributed by atoms with Crippen molar-refractivity contribution in [3.63, 3.8) is 0 Å². The average Bonchev–Trinajstić information content (AvgIpc) is 2.69. The van der Waals surface area contributed by atoms with Crippen molar-refractivity contribution in [2.24, 2.45) is 0 Å². The molecule has 0 unspecified atom stereocenters. The fourth-order valence-corrected chi connectivity index (χ4v) is 2.75. The van der Waals surface area contributed by atoms with Gasteiger partial charge < -0.3 is 4.74 Å². The molecule has 3 nitrogen and oxygen atoms in total. The van der Waals surface area contributed by atoms with Gasteiger partial charge in [0.15, 0.2) is 12.4 Å². The summed E-state index contributed by atoms with van der Waals surface area (Å²) in [6.45, 7) is 3.23. The molecule has 0 spiro atoms. The summed E-state index contributed by atoms with van der Waals surface area (Å²) in [5.41, 5.74) is 3.68. The number of benzene rings is 2. The van der Waals surface area contributed by atoms with Crippen LogP contribution in [0.5, 0.6) is 0 Å². The molecule has 1 aromatic heterocycles. The van der Waals surface area contributed by atoms with Crippen molar-refractivity contribution in [3.05, 3.63) is 90.3 Å². The quantitative estimate of drug-likeness (QED) is 0.503. The summed E-state index contributed by atoms with van der Waals surface area (Å²) in [6.07, 6.45) is 4.57. The van der Waals surface area contributed by atoms with Gasteiger partial charge in [-0.05, 0) is 18.1 Å². The lowest BCUT2D eigenvalue weighted by Crippen LogP contribution is -2.33. The molecular formula is C22H22NO2+. The Balaban J connectivity index is 1.78. The molecule has 25 heavy (non-hydrogen) atoms. The summed E-state index contributed by atoms with van der Waals surface area (Å²) in [6, 6.07) is 21.9. The Hall–Kier alpha value is -2.94. The molecule has 1 heterocycles. The van der Waals surface area contributed by atoms with E-state index in [1.54, 1.807) is 0 Å². The Morgan fingerprint density at radius 2 is 1.64 bits per heavy atom. The predicted octanol–water partition coefficient (Wildman–Crippen LogP) is 4.06. The average molecular weight is 332 g/mol. The SMILES string of the molecule is CC[n+]1ccc(-c2ccccc2)c(C(=O)OCCc2ccccc2)c1. The van der Waals surface area contributed by atoms with Gasteiger partial charge >= 0.3 is 5.97 Å². The van der Waals surface area contributed by atoms with Gasteiger partial charge in [-0.1, -0.05) is 60.7 Å². The highest BCUT2D eigenvalue weighted by Gasteiger charge is 2.18. The number of rotatable bonds is 6. The topological polar surface area (TPSA) is 30.2 Å². The second-order valence-corrected chi connectivity index (χ2v) is 5.84. The van der Waals surface area contributed by atoms with E-state index >= 15 is 0 Å². The number of nitrogens with zero attached hydrogens (tertiary/aromatic N) is 1. The number of pyridine rings is 1. The van der Waals surface area contributed by atoms with E-state index in [9.17, 15) is 4.79 Å². The van der Waals surface area contributed by atoms with Crippen LogP contribution in [0.1, 0.15) is 22.8 Å². The zero-order valence-electron chi connectivity index (χ0n) is 14.4. The van der Waals surface area contributed by atoms with Crippen molar-refractivity contribution in [1.82, 2.24) is 0 Å². The van der Waals surface area contributed by atoms with Gasteiger partial charge in [-0.2, -0.15) is 0 Å². The van der Waals surface area contributed by atoms with E-state index < -0.39 is 0 Å². The number of carbonyl (C=O) groups is 1. The highest BCUT2D eigenvalue weighted by molar-refractivity contribution is 5.96. The first-order chi connectivity index (χ1) is 12.3. The molecule has 0 saturated heterocycles. The van der Waals surface area contributed by atoms with Crippen molar-refractivity contribution in [2.75, 3.05) is 6.61 Å². The van der Waals surface area contributed by atoms with E-state index in [4.69, 9.17) is 4.74 Å². The number of esters is 1. The Morgan fingerprint density at radius 1 is 0.960 bits per heavy atom. The highest BCUT2D eigenvalue weighted by Crippen LogP contribution is 2.23. The number of hydrogen-bond acceptors (Lipinski definition) is 2. The van der Waals surface area contributed by atoms with Crippen LogP contribution in [-0.4, -0.2) is 12.6 Å². The summed E-state index contributed by atoms with van der Waals surface area (Å²) >= 11 is 0. The summed E-state index contributed by atoms with van der Waals surface area (Å²) in [7, 11) is 0. The summed E-state index contributed by atoms with van der Waals surface area (Å²) in [5, 5.41) is 0. The molecule has 0 aliphatic heterocycles. The van der Waals surface area contributed by atoms with Gasteiger partial charge in [0.25, 0.3) is 0 Å². The molecule has 126 valence electrons. The third-order valence-corrected chi connectivity index (χ3v) is 4.15. The van der Waals surface area contributed by atoms with Crippen molar-refractivity contribution < 1.29 is 14.1 Å². The van der Waals surface area contributed by atoms with Crippen LogP contribution in [0.25, 0.3) is 11.1 Å². The zero-order chi connectivity index (χ0) is 17.5. The van der Waals surface area contributed by atoms with Crippen molar-refractivity contribution in [1.29, 1.82) is 0 Å². The fourth-order valence-electron chi connectivity index (χ4n) is 2.75. The predicted molar refractivity (Wildman–Crippen MR) is 98.2 cm³/mol. The number of aryl methyl sites for hydroxylation is 1. The summed E-state index contributed by atoms with van der Waals surface area (Å²) in [4.78, 5) is 12.7. The molecule has 0 aliphatic carbocycles. The summed E-state index contributed by atoms with van der Waals surface area (Å²) < 4.78 is 7.53. The van der Waals surface area contributed by atoms with Gasteiger partial charge in [-0.15, -0.1) is 0 Å².